The molecule has 2 fully saturated rings. The molecule has 0 aromatic carbocycles. The summed E-state index contributed by atoms with van der Waals surface area (Å²) in [5, 5.41) is 9.96. The predicted molar refractivity (Wildman–Crippen MR) is 49.1 cm³/mol. The second kappa shape index (κ2) is 3.29. The van der Waals surface area contributed by atoms with Gasteiger partial charge in [-0.1, -0.05) is 6.42 Å². The first-order chi connectivity index (χ1) is 6.20. The minimum Gasteiger partial charge on any atom is -0.391 e. The van der Waals surface area contributed by atoms with Crippen LogP contribution in [-0.4, -0.2) is 35.1 Å². The van der Waals surface area contributed by atoms with Crippen LogP contribution in [0.2, 0.25) is 0 Å². The fraction of sp³-hybridized carbons (Fsp3) is 0.900. The molecule has 0 bridgehead atoms. The van der Waals surface area contributed by atoms with Crippen molar-refractivity contribution in [2.24, 2.45) is 5.92 Å². The SMILES string of the molecule is CN1C(=O)CCC1C(O)C1CCC1. The Morgan fingerprint density at radius 1 is 1.46 bits per heavy atom. The van der Waals surface area contributed by atoms with Crippen LogP contribution in [0.15, 0.2) is 0 Å². The number of hydrogen-bond donors (Lipinski definition) is 1. The molecule has 1 amide bonds. The summed E-state index contributed by atoms with van der Waals surface area (Å²) in [6.45, 7) is 0. The number of nitrogens with zero attached hydrogens (tertiary/aromatic N) is 1. The highest BCUT2D eigenvalue weighted by molar-refractivity contribution is 5.78. The average Bonchev–Trinajstić information content (AvgIpc) is 2.29. The van der Waals surface area contributed by atoms with Gasteiger partial charge in [0, 0.05) is 13.5 Å². The average molecular weight is 183 g/mol. The molecule has 2 atom stereocenters. The number of amides is 1. The first-order valence-corrected chi connectivity index (χ1v) is 5.14. The van der Waals surface area contributed by atoms with Gasteiger partial charge in [0.1, 0.15) is 0 Å². The first kappa shape index (κ1) is 9.00. The quantitative estimate of drug-likeness (QED) is 0.687. The van der Waals surface area contributed by atoms with Crippen LogP contribution in [0.3, 0.4) is 0 Å². The van der Waals surface area contributed by atoms with Crippen molar-refractivity contribution in [3.63, 3.8) is 0 Å². The summed E-state index contributed by atoms with van der Waals surface area (Å²) in [4.78, 5) is 13.0. The fourth-order valence-electron chi connectivity index (χ4n) is 2.32. The van der Waals surface area contributed by atoms with Gasteiger partial charge in [0.25, 0.3) is 0 Å². The van der Waals surface area contributed by atoms with Crippen LogP contribution < -0.4 is 0 Å². The Bertz CT molecular complexity index is 213. The Kier molecular flexibility index (Phi) is 2.28. The van der Waals surface area contributed by atoms with Gasteiger partial charge in [-0.15, -0.1) is 0 Å². The molecule has 0 aromatic rings. The molecule has 2 aliphatic rings. The van der Waals surface area contributed by atoms with Crippen LogP contribution in [-0.2, 0) is 4.79 Å². The van der Waals surface area contributed by atoms with Crippen LogP contribution >= 0.6 is 0 Å². The van der Waals surface area contributed by atoms with Gasteiger partial charge in [0.15, 0.2) is 0 Å². The van der Waals surface area contributed by atoms with E-state index in [1.54, 1.807) is 4.90 Å². The zero-order valence-electron chi connectivity index (χ0n) is 8.07. The molecule has 3 nitrogen and oxygen atoms in total. The highest BCUT2D eigenvalue weighted by Gasteiger charge is 2.38. The summed E-state index contributed by atoms with van der Waals surface area (Å²) in [5.41, 5.74) is 0. The Balaban J connectivity index is 1.95. The third-order valence-corrected chi connectivity index (χ3v) is 3.57. The predicted octanol–water partition coefficient (Wildman–Crippen LogP) is 0.768. The Morgan fingerprint density at radius 3 is 2.54 bits per heavy atom. The summed E-state index contributed by atoms with van der Waals surface area (Å²) in [7, 11) is 1.81. The van der Waals surface area contributed by atoms with Gasteiger partial charge in [0.2, 0.25) is 5.91 Å². The largest absolute Gasteiger partial charge is 0.391 e. The van der Waals surface area contributed by atoms with Crippen molar-refractivity contribution in [3.8, 4) is 0 Å². The summed E-state index contributed by atoms with van der Waals surface area (Å²) < 4.78 is 0. The maximum atomic E-state index is 11.2. The Morgan fingerprint density at radius 2 is 2.15 bits per heavy atom. The van der Waals surface area contributed by atoms with E-state index in [-0.39, 0.29) is 18.1 Å². The molecule has 1 heterocycles. The third kappa shape index (κ3) is 1.46. The molecule has 13 heavy (non-hydrogen) atoms. The van der Waals surface area contributed by atoms with E-state index in [1.165, 1.54) is 6.42 Å². The van der Waals surface area contributed by atoms with Crippen LogP contribution in [0, 0.1) is 5.92 Å². The first-order valence-electron chi connectivity index (χ1n) is 5.14. The summed E-state index contributed by atoms with van der Waals surface area (Å²) in [6.07, 6.45) is 4.70. The van der Waals surface area contributed by atoms with E-state index in [0.29, 0.717) is 12.3 Å². The van der Waals surface area contributed by atoms with E-state index in [4.69, 9.17) is 0 Å². The lowest BCUT2D eigenvalue weighted by atomic mass is 9.78. The second-order valence-corrected chi connectivity index (χ2v) is 4.29. The molecule has 0 spiro atoms. The summed E-state index contributed by atoms with van der Waals surface area (Å²) in [6, 6.07) is 0.0952. The molecular weight excluding hydrogens is 166 g/mol. The zero-order valence-corrected chi connectivity index (χ0v) is 8.07. The van der Waals surface area contributed by atoms with E-state index >= 15 is 0 Å². The number of rotatable bonds is 2. The van der Waals surface area contributed by atoms with E-state index in [2.05, 4.69) is 0 Å². The van der Waals surface area contributed by atoms with E-state index in [0.717, 1.165) is 19.3 Å². The lowest BCUT2D eigenvalue weighted by molar-refractivity contribution is -0.129. The van der Waals surface area contributed by atoms with Gasteiger partial charge in [-0.05, 0) is 25.2 Å². The van der Waals surface area contributed by atoms with Crippen molar-refractivity contribution in [2.45, 2.75) is 44.2 Å². The number of carbonyl (C=O) groups is 1. The highest BCUT2D eigenvalue weighted by Crippen LogP contribution is 2.34. The number of aliphatic hydroxyl groups is 1. The van der Waals surface area contributed by atoms with Gasteiger partial charge in [-0.25, -0.2) is 0 Å². The lowest BCUT2D eigenvalue weighted by Crippen LogP contribution is -2.44. The number of likely N-dealkylation sites (tertiary alicyclic amines) is 1. The molecule has 1 saturated heterocycles. The topological polar surface area (TPSA) is 40.5 Å². The van der Waals surface area contributed by atoms with E-state index < -0.39 is 0 Å². The third-order valence-electron chi connectivity index (χ3n) is 3.57. The normalized spacial score (nSPS) is 32.0. The maximum absolute atomic E-state index is 11.2. The van der Waals surface area contributed by atoms with E-state index in [1.807, 2.05) is 7.05 Å². The Labute approximate surface area is 78.7 Å². The van der Waals surface area contributed by atoms with Crippen LogP contribution in [0.25, 0.3) is 0 Å². The number of hydrogen-bond acceptors (Lipinski definition) is 2. The van der Waals surface area contributed by atoms with Crippen LogP contribution in [0.1, 0.15) is 32.1 Å². The molecular formula is C10H17NO2. The minimum absolute atomic E-state index is 0.0952. The number of carbonyl (C=O) groups excluding carboxylic acids is 1. The minimum atomic E-state index is -0.273. The van der Waals surface area contributed by atoms with Crippen molar-refractivity contribution in [1.29, 1.82) is 0 Å². The van der Waals surface area contributed by atoms with E-state index in [9.17, 15) is 9.90 Å². The monoisotopic (exact) mass is 183 g/mol. The molecule has 0 aromatic heterocycles. The second-order valence-electron chi connectivity index (χ2n) is 4.29. The molecule has 1 saturated carbocycles. The molecule has 1 aliphatic carbocycles. The molecule has 0 radical (unpaired) electrons. The molecule has 1 aliphatic heterocycles. The lowest BCUT2D eigenvalue weighted by Gasteiger charge is -2.36. The molecule has 74 valence electrons. The number of likely N-dealkylation sites (N-methyl/N-ethyl adjacent to an activating group) is 1. The van der Waals surface area contributed by atoms with Crippen molar-refractivity contribution >= 4 is 5.91 Å². The van der Waals surface area contributed by atoms with Crippen molar-refractivity contribution < 1.29 is 9.90 Å². The number of aliphatic hydroxyl groups excluding tert-OH is 1. The van der Waals surface area contributed by atoms with Crippen molar-refractivity contribution in [2.75, 3.05) is 7.05 Å². The van der Waals surface area contributed by atoms with Crippen molar-refractivity contribution in [3.05, 3.63) is 0 Å². The molecule has 1 N–H and O–H groups in total. The smallest absolute Gasteiger partial charge is 0.222 e. The Hall–Kier alpha value is -0.570. The summed E-state index contributed by atoms with van der Waals surface area (Å²) in [5.74, 6) is 0.640. The van der Waals surface area contributed by atoms with Gasteiger partial charge in [-0.3, -0.25) is 4.79 Å². The van der Waals surface area contributed by atoms with Gasteiger partial charge < -0.3 is 10.0 Å². The van der Waals surface area contributed by atoms with Crippen LogP contribution in [0.5, 0.6) is 0 Å². The fourth-order valence-corrected chi connectivity index (χ4v) is 2.32. The molecule has 2 unspecified atom stereocenters. The van der Waals surface area contributed by atoms with Crippen LogP contribution in [0.4, 0.5) is 0 Å². The summed E-state index contributed by atoms with van der Waals surface area (Å²) >= 11 is 0. The zero-order chi connectivity index (χ0) is 9.42. The van der Waals surface area contributed by atoms with Gasteiger partial charge >= 0.3 is 0 Å². The maximum Gasteiger partial charge on any atom is 0.222 e. The highest BCUT2D eigenvalue weighted by atomic mass is 16.3. The van der Waals surface area contributed by atoms with Crippen molar-refractivity contribution in [1.82, 2.24) is 4.90 Å². The standard InChI is InChI=1S/C10H17NO2/c1-11-8(5-6-9(11)12)10(13)7-3-2-4-7/h7-8,10,13H,2-6H2,1H3. The molecule has 2 rings (SSSR count). The van der Waals surface area contributed by atoms with Gasteiger partial charge in [-0.2, -0.15) is 0 Å². The van der Waals surface area contributed by atoms with Gasteiger partial charge in [0.05, 0.1) is 12.1 Å². The molecule has 3 heteroatoms.